The molecule has 9 heteroatoms. The summed E-state index contributed by atoms with van der Waals surface area (Å²) in [5, 5.41) is 17.2. The third kappa shape index (κ3) is 2.31. The number of nitrogens with zero attached hydrogens (tertiary/aromatic N) is 5. The van der Waals surface area contributed by atoms with E-state index in [2.05, 4.69) is 30.1 Å². The molecule has 0 aliphatic rings. The minimum Gasteiger partial charge on any atom is -0.384 e. The number of aryl methyl sites for hydroxylation is 1. The first-order valence-electron chi connectivity index (χ1n) is 6.08. The molecule has 0 aliphatic carbocycles. The zero-order valence-corrected chi connectivity index (χ0v) is 12.2. The van der Waals surface area contributed by atoms with Crippen LogP contribution in [0.25, 0.3) is 11.2 Å². The maximum absolute atomic E-state index is 7.76. The highest BCUT2D eigenvalue weighted by Crippen LogP contribution is 2.31. The summed E-state index contributed by atoms with van der Waals surface area (Å²) in [5.41, 5.74) is 9.15. The average molecular weight is 300 g/mol. The van der Waals surface area contributed by atoms with Crippen molar-refractivity contribution < 1.29 is 0 Å². The molecule has 0 saturated carbocycles. The second kappa shape index (κ2) is 5.09. The topological polar surface area (TPSA) is 130 Å². The number of H-pyrrole nitrogens is 1. The first kappa shape index (κ1) is 13.4. The van der Waals surface area contributed by atoms with Crippen molar-refractivity contribution in [2.24, 2.45) is 5.73 Å². The Hall–Kier alpha value is -2.55. The van der Waals surface area contributed by atoms with Crippen molar-refractivity contribution in [1.29, 1.82) is 5.41 Å². The van der Waals surface area contributed by atoms with E-state index in [1.807, 2.05) is 13.8 Å². The van der Waals surface area contributed by atoms with Crippen LogP contribution in [-0.2, 0) is 0 Å². The van der Waals surface area contributed by atoms with Crippen molar-refractivity contribution in [2.45, 2.75) is 23.9 Å². The van der Waals surface area contributed by atoms with Crippen molar-refractivity contribution in [3.05, 3.63) is 29.5 Å². The van der Waals surface area contributed by atoms with Crippen molar-refractivity contribution in [1.82, 2.24) is 30.1 Å². The predicted molar refractivity (Wildman–Crippen MR) is 78.3 cm³/mol. The molecule has 0 bridgehead atoms. The summed E-state index contributed by atoms with van der Waals surface area (Å²) in [5.74, 6) is -0.0390. The zero-order valence-electron chi connectivity index (χ0n) is 11.4. The highest BCUT2D eigenvalue weighted by atomic mass is 32.2. The minimum absolute atomic E-state index is 0.0390. The van der Waals surface area contributed by atoms with Gasteiger partial charge in [0.25, 0.3) is 0 Å². The van der Waals surface area contributed by atoms with E-state index in [4.69, 9.17) is 11.1 Å². The average Bonchev–Trinajstić information content (AvgIpc) is 2.92. The van der Waals surface area contributed by atoms with E-state index in [9.17, 15) is 0 Å². The summed E-state index contributed by atoms with van der Waals surface area (Å²) in [6.45, 7) is 3.71. The number of nitrogens with two attached hydrogens (primary N) is 1. The lowest BCUT2D eigenvalue weighted by Gasteiger charge is -2.10. The molecule has 0 aromatic carbocycles. The van der Waals surface area contributed by atoms with Crippen LogP contribution in [0.5, 0.6) is 0 Å². The normalized spacial score (nSPS) is 11.0. The van der Waals surface area contributed by atoms with Crippen molar-refractivity contribution in [3.63, 3.8) is 0 Å². The third-order valence-corrected chi connectivity index (χ3v) is 4.06. The van der Waals surface area contributed by atoms with Crippen LogP contribution < -0.4 is 5.73 Å². The monoisotopic (exact) mass is 300 g/mol. The number of hydrogen-bond donors (Lipinski definition) is 3. The van der Waals surface area contributed by atoms with E-state index in [0.29, 0.717) is 21.3 Å². The lowest BCUT2D eigenvalue weighted by atomic mass is 10.1. The van der Waals surface area contributed by atoms with Crippen LogP contribution in [0.4, 0.5) is 0 Å². The first-order valence-corrected chi connectivity index (χ1v) is 6.89. The fraction of sp³-hybridized carbons (Fsp3) is 0.167. The summed E-state index contributed by atoms with van der Waals surface area (Å²) in [4.78, 5) is 15.4. The van der Waals surface area contributed by atoms with Gasteiger partial charge in [0, 0.05) is 0 Å². The van der Waals surface area contributed by atoms with Crippen molar-refractivity contribution in [3.8, 4) is 0 Å². The van der Waals surface area contributed by atoms with E-state index >= 15 is 0 Å². The van der Waals surface area contributed by atoms with Gasteiger partial charge >= 0.3 is 0 Å². The maximum atomic E-state index is 7.76. The molecule has 21 heavy (non-hydrogen) atoms. The Kier molecular flexibility index (Phi) is 3.26. The number of hydrogen-bond acceptors (Lipinski definition) is 7. The molecule has 3 heterocycles. The highest BCUT2D eigenvalue weighted by Gasteiger charge is 2.17. The molecule has 0 radical (unpaired) electrons. The Bertz CT molecular complexity index is 840. The molecule has 106 valence electrons. The molecule has 0 saturated heterocycles. The fourth-order valence-corrected chi connectivity index (χ4v) is 2.87. The first-order chi connectivity index (χ1) is 10.1. The highest BCUT2D eigenvalue weighted by molar-refractivity contribution is 7.99. The molecule has 0 atom stereocenters. The van der Waals surface area contributed by atoms with Crippen LogP contribution in [0.3, 0.4) is 0 Å². The zero-order chi connectivity index (χ0) is 15.0. The van der Waals surface area contributed by atoms with Crippen LogP contribution >= 0.6 is 11.8 Å². The predicted octanol–water partition coefficient (Wildman–Crippen LogP) is 1.20. The van der Waals surface area contributed by atoms with Gasteiger partial charge in [-0.2, -0.15) is 5.10 Å². The second-order valence-corrected chi connectivity index (χ2v) is 5.36. The molecule has 3 aromatic rings. The molecule has 0 fully saturated rings. The van der Waals surface area contributed by atoms with Gasteiger partial charge in [-0.1, -0.05) is 0 Å². The summed E-state index contributed by atoms with van der Waals surface area (Å²) in [7, 11) is 0. The van der Waals surface area contributed by atoms with Crippen LogP contribution in [-0.4, -0.2) is 36.0 Å². The lowest BCUT2D eigenvalue weighted by Crippen LogP contribution is -2.16. The van der Waals surface area contributed by atoms with Gasteiger partial charge in [-0.05, 0) is 31.2 Å². The molecular formula is C12H12N8S. The van der Waals surface area contributed by atoms with Gasteiger partial charge in [-0.15, -0.1) is 5.10 Å². The number of aromatic amines is 1. The Labute approximate surface area is 124 Å². The SMILES string of the molecule is Cc1nnc(Sc2ncnc3nc[nH]c23)c(C(=N)N)c1C. The molecule has 3 aromatic heterocycles. The molecule has 0 spiro atoms. The van der Waals surface area contributed by atoms with Gasteiger partial charge in [0.2, 0.25) is 0 Å². The largest absolute Gasteiger partial charge is 0.384 e. The van der Waals surface area contributed by atoms with E-state index < -0.39 is 0 Å². The van der Waals surface area contributed by atoms with Gasteiger partial charge in [0.05, 0.1) is 17.6 Å². The summed E-state index contributed by atoms with van der Waals surface area (Å²) in [6.07, 6.45) is 2.99. The minimum atomic E-state index is -0.0390. The Balaban J connectivity index is 2.12. The van der Waals surface area contributed by atoms with Crippen LogP contribution in [0.15, 0.2) is 22.7 Å². The third-order valence-electron chi connectivity index (χ3n) is 3.07. The second-order valence-electron chi connectivity index (χ2n) is 4.39. The smallest absolute Gasteiger partial charge is 0.181 e. The van der Waals surface area contributed by atoms with Crippen molar-refractivity contribution in [2.75, 3.05) is 0 Å². The molecule has 0 aliphatic heterocycles. The number of rotatable bonds is 3. The molecule has 8 nitrogen and oxygen atoms in total. The summed E-state index contributed by atoms with van der Waals surface area (Å²) < 4.78 is 0. The maximum Gasteiger partial charge on any atom is 0.181 e. The molecular weight excluding hydrogens is 288 g/mol. The van der Waals surface area contributed by atoms with Gasteiger partial charge < -0.3 is 10.7 Å². The van der Waals surface area contributed by atoms with Crippen LogP contribution in [0.2, 0.25) is 0 Å². The Morgan fingerprint density at radius 1 is 1.19 bits per heavy atom. The Morgan fingerprint density at radius 2 is 2.00 bits per heavy atom. The molecule has 0 amide bonds. The standard InChI is InChI=1S/C12H12N8S/c1-5-6(2)19-20-11(7(5)9(13)14)21-12-8-10(16-3-15-8)17-4-18-12/h3-4H,1-2H3,(H3,13,14)(H,15,16,17,18). The molecule has 0 unspecified atom stereocenters. The Morgan fingerprint density at radius 3 is 2.76 bits per heavy atom. The van der Waals surface area contributed by atoms with Crippen LogP contribution in [0.1, 0.15) is 16.8 Å². The van der Waals surface area contributed by atoms with Gasteiger partial charge in [-0.3, -0.25) is 5.41 Å². The van der Waals surface area contributed by atoms with Crippen LogP contribution in [0, 0.1) is 19.3 Å². The van der Waals surface area contributed by atoms with Gasteiger partial charge in [0.15, 0.2) is 5.65 Å². The molecule has 3 rings (SSSR count). The number of amidine groups is 1. The molecule has 4 N–H and O–H groups in total. The number of fused-ring (bicyclic) bond motifs is 1. The summed E-state index contributed by atoms with van der Waals surface area (Å²) >= 11 is 1.28. The van der Waals surface area contributed by atoms with Gasteiger partial charge in [-0.25, -0.2) is 15.0 Å². The van der Waals surface area contributed by atoms with Crippen molar-refractivity contribution >= 4 is 28.8 Å². The van der Waals surface area contributed by atoms with E-state index in [-0.39, 0.29) is 5.84 Å². The van der Waals surface area contributed by atoms with E-state index in [1.54, 1.807) is 6.33 Å². The fourth-order valence-electron chi connectivity index (χ4n) is 1.89. The lowest BCUT2D eigenvalue weighted by molar-refractivity contribution is 0.871. The number of nitrogens with one attached hydrogen (secondary N) is 2. The summed E-state index contributed by atoms with van der Waals surface area (Å²) in [6, 6.07) is 0. The van der Waals surface area contributed by atoms with E-state index in [1.165, 1.54) is 18.1 Å². The van der Waals surface area contributed by atoms with Gasteiger partial charge in [0.1, 0.15) is 27.7 Å². The number of aromatic nitrogens is 6. The number of nitrogen functional groups attached to an aromatic ring is 1. The van der Waals surface area contributed by atoms with E-state index in [0.717, 1.165) is 16.8 Å². The number of imidazole rings is 1. The quantitative estimate of drug-likeness (QED) is 0.376.